The van der Waals surface area contributed by atoms with Crippen molar-refractivity contribution in [3.8, 4) is 11.5 Å². The zero-order chi connectivity index (χ0) is 20.4. The third-order valence-corrected chi connectivity index (χ3v) is 4.37. The zero-order valence-electron chi connectivity index (χ0n) is 16.1. The highest BCUT2D eigenvalue weighted by Gasteiger charge is 2.09. The Bertz CT molecular complexity index is 793. The number of halogens is 1. The van der Waals surface area contributed by atoms with Gasteiger partial charge < -0.3 is 9.47 Å². The van der Waals surface area contributed by atoms with Crippen molar-refractivity contribution in [1.29, 1.82) is 0 Å². The van der Waals surface area contributed by atoms with E-state index < -0.39 is 11.8 Å². The Morgan fingerprint density at radius 3 is 2.36 bits per heavy atom. The minimum absolute atomic E-state index is 0.230. The molecule has 0 aliphatic carbocycles. The molecule has 0 spiro atoms. The van der Waals surface area contributed by atoms with Crippen LogP contribution in [0.1, 0.15) is 42.1 Å². The van der Waals surface area contributed by atoms with E-state index in [1.807, 2.05) is 6.92 Å². The number of rotatable bonds is 9. The molecule has 6 nitrogen and oxygen atoms in total. The Hall–Kier alpha value is -2.73. The van der Waals surface area contributed by atoms with E-state index in [4.69, 9.17) is 21.1 Å². The van der Waals surface area contributed by atoms with Crippen LogP contribution in [0.3, 0.4) is 0 Å². The second-order valence-corrected chi connectivity index (χ2v) is 6.69. The van der Waals surface area contributed by atoms with Gasteiger partial charge in [0.1, 0.15) is 11.5 Å². The molecule has 0 aliphatic rings. The fourth-order valence-electron chi connectivity index (χ4n) is 2.34. The first-order chi connectivity index (χ1) is 13.5. The number of benzene rings is 2. The van der Waals surface area contributed by atoms with Gasteiger partial charge in [-0.15, -0.1) is 0 Å². The lowest BCUT2D eigenvalue weighted by Gasteiger charge is -2.10. The Balaban J connectivity index is 1.73. The highest BCUT2D eigenvalue weighted by Crippen LogP contribution is 2.20. The summed E-state index contributed by atoms with van der Waals surface area (Å²) in [5, 5.41) is 0.626. The number of amides is 2. The summed E-state index contributed by atoms with van der Waals surface area (Å²) >= 11 is 5.94. The number of aryl methyl sites for hydroxylation is 1. The van der Waals surface area contributed by atoms with Gasteiger partial charge in [0.15, 0.2) is 6.61 Å². The van der Waals surface area contributed by atoms with Gasteiger partial charge in [-0.1, -0.05) is 31.4 Å². The van der Waals surface area contributed by atoms with E-state index in [0.29, 0.717) is 28.7 Å². The number of carbonyl (C=O) groups excluding carboxylic acids is 2. The molecular formula is C21H25ClN2O4. The number of nitrogens with one attached hydrogen (secondary N) is 2. The van der Waals surface area contributed by atoms with Crippen molar-refractivity contribution in [2.24, 2.45) is 0 Å². The minimum atomic E-state index is -0.475. The Morgan fingerprint density at radius 1 is 0.964 bits per heavy atom. The van der Waals surface area contributed by atoms with Crippen molar-refractivity contribution in [3.05, 3.63) is 58.6 Å². The molecule has 2 amide bonds. The van der Waals surface area contributed by atoms with Gasteiger partial charge >= 0.3 is 0 Å². The van der Waals surface area contributed by atoms with E-state index in [1.165, 1.54) is 0 Å². The third-order valence-electron chi connectivity index (χ3n) is 3.95. The van der Waals surface area contributed by atoms with Gasteiger partial charge in [0.05, 0.1) is 6.61 Å². The smallest absolute Gasteiger partial charge is 0.276 e. The molecule has 0 radical (unpaired) electrons. The van der Waals surface area contributed by atoms with Crippen molar-refractivity contribution in [1.82, 2.24) is 10.9 Å². The third kappa shape index (κ3) is 7.12. The summed E-state index contributed by atoms with van der Waals surface area (Å²) in [7, 11) is 0. The predicted octanol–water partition coefficient (Wildman–Crippen LogP) is 4.06. The lowest BCUT2D eigenvalue weighted by molar-refractivity contribution is -0.123. The molecule has 0 aromatic heterocycles. The number of hydrogen-bond acceptors (Lipinski definition) is 4. The van der Waals surface area contributed by atoms with Gasteiger partial charge in [-0.3, -0.25) is 20.4 Å². The minimum Gasteiger partial charge on any atom is -0.494 e. The fraction of sp³-hybridized carbons (Fsp3) is 0.333. The monoisotopic (exact) mass is 404 g/mol. The van der Waals surface area contributed by atoms with Gasteiger partial charge in [0, 0.05) is 10.6 Å². The molecule has 2 N–H and O–H groups in total. The van der Waals surface area contributed by atoms with Crippen LogP contribution < -0.4 is 20.3 Å². The number of unbranched alkanes of at least 4 members (excludes halogenated alkanes) is 2. The van der Waals surface area contributed by atoms with Crippen LogP contribution in [0.25, 0.3) is 0 Å². The molecule has 0 fully saturated rings. The van der Waals surface area contributed by atoms with E-state index >= 15 is 0 Å². The maximum Gasteiger partial charge on any atom is 0.276 e. The molecule has 0 aliphatic heterocycles. The lowest BCUT2D eigenvalue weighted by atomic mass is 10.2. The van der Waals surface area contributed by atoms with E-state index in [-0.39, 0.29) is 6.61 Å². The summed E-state index contributed by atoms with van der Waals surface area (Å²) in [6, 6.07) is 11.9. The molecule has 2 aromatic rings. The lowest BCUT2D eigenvalue weighted by Crippen LogP contribution is -2.43. The van der Waals surface area contributed by atoms with E-state index in [0.717, 1.165) is 24.8 Å². The van der Waals surface area contributed by atoms with Crippen LogP contribution in [-0.2, 0) is 4.79 Å². The molecule has 0 saturated carbocycles. The molecule has 0 saturated heterocycles. The maximum atomic E-state index is 12.1. The summed E-state index contributed by atoms with van der Waals surface area (Å²) in [4.78, 5) is 23.9. The van der Waals surface area contributed by atoms with E-state index in [1.54, 1.807) is 42.5 Å². The first-order valence-electron chi connectivity index (χ1n) is 9.20. The summed E-state index contributed by atoms with van der Waals surface area (Å²) in [6.45, 7) is 4.41. The second-order valence-electron chi connectivity index (χ2n) is 6.28. The standard InChI is InChI=1S/C21H25ClN2O4/c1-3-4-5-12-27-17-8-6-16(7-9-17)21(26)24-23-20(25)14-28-18-10-11-19(22)15(2)13-18/h6-11,13H,3-5,12,14H2,1-2H3,(H,23,25)(H,24,26). The van der Waals surface area contributed by atoms with Crippen LogP contribution in [0.4, 0.5) is 0 Å². The van der Waals surface area contributed by atoms with Crippen molar-refractivity contribution < 1.29 is 19.1 Å². The average molecular weight is 405 g/mol. The topological polar surface area (TPSA) is 76.7 Å². The van der Waals surface area contributed by atoms with Crippen LogP contribution in [0.5, 0.6) is 11.5 Å². The van der Waals surface area contributed by atoms with Gasteiger partial charge in [0.2, 0.25) is 0 Å². The van der Waals surface area contributed by atoms with Crippen LogP contribution >= 0.6 is 11.6 Å². The van der Waals surface area contributed by atoms with E-state index in [9.17, 15) is 9.59 Å². The summed E-state index contributed by atoms with van der Waals surface area (Å²) in [5.74, 6) is 0.339. The molecular weight excluding hydrogens is 380 g/mol. The molecule has 0 unspecified atom stereocenters. The predicted molar refractivity (Wildman–Crippen MR) is 109 cm³/mol. The van der Waals surface area contributed by atoms with Gasteiger partial charge in [-0.25, -0.2) is 0 Å². The highest BCUT2D eigenvalue weighted by molar-refractivity contribution is 6.31. The average Bonchev–Trinajstić information content (AvgIpc) is 2.70. The SMILES string of the molecule is CCCCCOc1ccc(C(=O)NNC(=O)COc2ccc(Cl)c(C)c2)cc1. The molecule has 2 rings (SSSR count). The quantitative estimate of drug-likeness (QED) is 0.488. The number of ether oxygens (including phenoxy) is 2. The van der Waals surface area contributed by atoms with Crippen molar-refractivity contribution in [3.63, 3.8) is 0 Å². The van der Waals surface area contributed by atoms with Crippen LogP contribution in [0, 0.1) is 6.92 Å². The molecule has 0 heterocycles. The molecule has 2 aromatic carbocycles. The van der Waals surface area contributed by atoms with Crippen LogP contribution in [0.15, 0.2) is 42.5 Å². The van der Waals surface area contributed by atoms with Crippen molar-refractivity contribution in [2.75, 3.05) is 13.2 Å². The van der Waals surface area contributed by atoms with Crippen LogP contribution in [-0.4, -0.2) is 25.0 Å². The summed E-state index contributed by atoms with van der Waals surface area (Å²) in [6.07, 6.45) is 3.27. The van der Waals surface area contributed by atoms with Gasteiger partial charge in [-0.2, -0.15) is 0 Å². The molecule has 7 heteroatoms. The zero-order valence-corrected chi connectivity index (χ0v) is 16.8. The first-order valence-corrected chi connectivity index (χ1v) is 9.58. The number of hydrogen-bond donors (Lipinski definition) is 2. The summed E-state index contributed by atoms with van der Waals surface area (Å²) < 4.78 is 11.0. The van der Waals surface area contributed by atoms with Crippen molar-refractivity contribution >= 4 is 23.4 Å². The fourth-order valence-corrected chi connectivity index (χ4v) is 2.45. The van der Waals surface area contributed by atoms with Gasteiger partial charge in [-0.05, 0) is 61.4 Å². The molecule has 0 bridgehead atoms. The van der Waals surface area contributed by atoms with E-state index in [2.05, 4.69) is 17.8 Å². The largest absolute Gasteiger partial charge is 0.494 e. The highest BCUT2D eigenvalue weighted by atomic mass is 35.5. The second kappa shape index (κ2) is 11.2. The normalized spacial score (nSPS) is 10.2. The van der Waals surface area contributed by atoms with Gasteiger partial charge in [0.25, 0.3) is 11.8 Å². The Morgan fingerprint density at radius 2 is 1.68 bits per heavy atom. The van der Waals surface area contributed by atoms with Crippen molar-refractivity contribution in [2.45, 2.75) is 33.1 Å². The summed E-state index contributed by atoms with van der Waals surface area (Å²) in [5.41, 5.74) is 5.94. The van der Waals surface area contributed by atoms with Crippen LogP contribution in [0.2, 0.25) is 5.02 Å². The maximum absolute atomic E-state index is 12.1. The molecule has 28 heavy (non-hydrogen) atoms. The molecule has 150 valence electrons. The number of hydrazine groups is 1. The molecule has 0 atom stereocenters. The first kappa shape index (κ1) is 21.6. The Kier molecular flexibility index (Phi) is 8.62. The Labute approximate surface area is 170 Å². The number of carbonyl (C=O) groups is 2.